The molecule has 0 atom stereocenters. The Kier molecular flexibility index (Phi) is 3.28. The zero-order valence-electron chi connectivity index (χ0n) is 11.0. The Hall–Kier alpha value is -1.96. The summed E-state index contributed by atoms with van der Waals surface area (Å²) in [5.74, 6) is 1.17. The van der Waals surface area contributed by atoms with Crippen molar-refractivity contribution in [3.63, 3.8) is 0 Å². The van der Waals surface area contributed by atoms with E-state index in [2.05, 4.69) is 19.9 Å². The number of para-hydroxylation sites is 1. The number of rotatable bonds is 3. The Morgan fingerprint density at radius 2 is 1.56 bits per heavy atom. The highest BCUT2D eigenvalue weighted by atomic mass is 16.5. The van der Waals surface area contributed by atoms with Crippen molar-refractivity contribution in [2.75, 3.05) is 7.11 Å². The van der Waals surface area contributed by atoms with Crippen LogP contribution >= 0.6 is 0 Å². The zero-order chi connectivity index (χ0) is 13.2. The number of phenols is 1. The SMILES string of the molecule is COc1ccccc1C(C)(C)c1ccc(O)cc1. The van der Waals surface area contributed by atoms with E-state index in [9.17, 15) is 5.11 Å². The molecular formula is C16H18O2. The maximum atomic E-state index is 9.37. The number of benzene rings is 2. The molecule has 2 aromatic rings. The first-order valence-corrected chi connectivity index (χ1v) is 5.98. The van der Waals surface area contributed by atoms with Crippen molar-refractivity contribution in [1.82, 2.24) is 0 Å². The highest BCUT2D eigenvalue weighted by molar-refractivity contribution is 5.46. The Morgan fingerprint density at radius 1 is 0.944 bits per heavy atom. The summed E-state index contributed by atoms with van der Waals surface area (Å²) in [4.78, 5) is 0. The van der Waals surface area contributed by atoms with E-state index in [1.807, 2.05) is 30.3 Å². The summed E-state index contributed by atoms with van der Waals surface area (Å²) in [6.07, 6.45) is 0. The van der Waals surface area contributed by atoms with Gasteiger partial charge in [0.15, 0.2) is 0 Å². The molecule has 1 N–H and O–H groups in total. The van der Waals surface area contributed by atoms with Crippen LogP contribution < -0.4 is 4.74 Å². The Balaban J connectivity index is 2.50. The quantitative estimate of drug-likeness (QED) is 0.888. The van der Waals surface area contributed by atoms with Gasteiger partial charge in [0.1, 0.15) is 11.5 Å². The number of hydrogen-bond acceptors (Lipinski definition) is 2. The average molecular weight is 242 g/mol. The summed E-state index contributed by atoms with van der Waals surface area (Å²) in [6, 6.07) is 15.3. The molecule has 94 valence electrons. The average Bonchev–Trinajstić information content (AvgIpc) is 2.39. The van der Waals surface area contributed by atoms with Crippen LogP contribution in [0.1, 0.15) is 25.0 Å². The number of methoxy groups -OCH3 is 1. The maximum absolute atomic E-state index is 9.37. The molecule has 0 aliphatic rings. The molecule has 0 radical (unpaired) electrons. The van der Waals surface area contributed by atoms with E-state index in [0.29, 0.717) is 0 Å². The molecule has 0 aromatic heterocycles. The van der Waals surface area contributed by atoms with Gasteiger partial charge in [0.05, 0.1) is 7.11 Å². The first kappa shape index (κ1) is 12.5. The fourth-order valence-electron chi connectivity index (χ4n) is 2.19. The van der Waals surface area contributed by atoms with Crippen molar-refractivity contribution in [3.8, 4) is 11.5 Å². The van der Waals surface area contributed by atoms with Gasteiger partial charge in [-0.25, -0.2) is 0 Å². The summed E-state index contributed by atoms with van der Waals surface area (Å²) in [7, 11) is 1.69. The minimum absolute atomic E-state index is 0.166. The van der Waals surface area contributed by atoms with Gasteiger partial charge in [0.2, 0.25) is 0 Å². The molecule has 2 rings (SSSR count). The van der Waals surface area contributed by atoms with Crippen molar-refractivity contribution in [1.29, 1.82) is 0 Å². The van der Waals surface area contributed by atoms with E-state index < -0.39 is 0 Å². The van der Waals surface area contributed by atoms with Gasteiger partial charge < -0.3 is 9.84 Å². The van der Waals surface area contributed by atoms with E-state index in [-0.39, 0.29) is 11.2 Å². The predicted molar refractivity (Wildman–Crippen MR) is 73.2 cm³/mol. The van der Waals surface area contributed by atoms with Gasteiger partial charge in [-0.05, 0) is 23.8 Å². The lowest BCUT2D eigenvalue weighted by Gasteiger charge is -2.27. The molecule has 0 aliphatic carbocycles. The molecule has 0 spiro atoms. The number of aromatic hydroxyl groups is 1. The standard InChI is InChI=1S/C16H18O2/c1-16(2,12-8-10-13(17)11-9-12)14-6-4-5-7-15(14)18-3/h4-11,17H,1-3H3. The topological polar surface area (TPSA) is 29.5 Å². The van der Waals surface area contributed by atoms with Crippen LogP contribution in [0.3, 0.4) is 0 Å². The largest absolute Gasteiger partial charge is 0.508 e. The molecule has 0 saturated carbocycles. The van der Waals surface area contributed by atoms with E-state index >= 15 is 0 Å². The molecule has 18 heavy (non-hydrogen) atoms. The van der Waals surface area contributed by atoms with Crippen LogP contribution in [-0.4, -0.2) is 12.2 Å². The van der Waals surface area contributed by atoms with Crippen LogP contribution in [0, 0.1) is 0 Å². The van der Waals surface area contributed by atoms with Gasteiger partial charge in [0.25, 0.3) is 0 Å². The molecule has 0 bridgehead atoms. The van der Waals surface area contributed by atoms with E-state index in [1.54, 1.807) is 19.2 Å². The van der Waals surface area contributed by atoms with E-state index in [0.717, 1.165) is 16.9 Å². The highest BCUT2D eigenvalue weighted by Gasteiger charge is 2.26. The molecule has 0 amide bonds. The third-order valence-electron chi connectivity index (χ3n) is 3.37. The van der Waals surface area contributed by atoms with Crippen LogP contribution in [0.2, 0.25) is 0 Å². The lowest BCUT2D eigenvalue weighted by atomic mass is 9.77. The van der Waals surface area contributed by atoms with Gasteiger partial charge >= 0.3 is 0 Å². The van der Waals surface area contributed by atoms with Crippen LogP contribution in [0.4, 0.5) is 0 Å². The fourth-order valence-corrected chi connectivity index (χ4v) is 2.19. The monoisotopic (exact) mass is 242 g/mol. The van der Waals surface area contributed by atoms with Gasteiger partial charge in [-0.3, -0.25) is 0 Å². The highest BCUT2D eigenvalue weighted by Crippen LogP contribution is 2.37. The molecular weight excluding hydrogens is 224 g/mol. The second-order valence-electron chi connectivity index (χ2n) is 4.87. The minimum Gasteiger partial charge on any atom is -0.508 e. The third-order valence-corrected chi connectivity index (χ3v) is 3.37. The zero-order valence-corrected chi connectivity index (χ0v) is 11.0. The molecule has 2 heteroatoms. The lowest BCUT2D eigenvalue weighted by Crippen LogP contribution is -2.19. The summed E-state index contributed by atoms with van der Waals surface area (Å²) < 4.78 is 5.43. The minimum atomic E-state index is -0.166. The molecule has 2 nitrogen and oxygen atoms in total. The molecule has 0 saturated heterocycles. The van der Waals surface area contributed by atoms with Crippen molar-refractivity contribution in [2.24, 2.45) is 0 Å². The van der Waals surface area contributed by atoms with Crippen molar-refractivity contribution in [3.05, 3.63) is 59.7 Å². The fraction of sp³-hybridized carbons (Fsp3) is 0.250. The molecule has 0 heterocycles. The van der Waals surface area contributed by atoms with E-state index in [4.69, 9.17) is 4.74 Å². The third kappa shape index (κ3) is 2.19. The molecule has 0 unspecified atom stereocenters. The van der Waals surface area contributed by atoms with E-state index in [1.165, 1.54) is 0 Å². The molecule has 0 aliphatic heterocycles. The van der Waals surface area contributed by atoms with Gasteiger partial charge in [-0.2, -0.15) is 0 Å². The Labute approximate surface area is 108 Å². The van der Waals surface area contributed by atoms with Crippen LogP contribution in [-0.2, 0) is 5.41 Å². The molecule has 2 aromatic carbocycles. The predicted octanol–water partition coefficient (Wildman–Crippen LogP) is 3.73. The maximum Gasteiger partial charge on any atom is 0.122 e. The van der Waals surface area contributed by atoms with Crippen LogP contribution in [0.5, 0.6) is 11.5 Å². The smallest absolute Gasteiger partial charge is 0.122 e. The summed E-state index contributed by atoms with van der Waals surface area (Å²) in [5, 5.41) is 9.37. The lowest BCUT2D eigenvalue weighted by molar-refractivity contribution is 0.401. The summed E-state index contributed by atoms with van der Waals surface area (Å²) >= 11 is 0. The first-order chi connectivity index (χ1) is 8.55. The second kappa shape index (κ2) is 4.73. The first-order valence-electron chi connectivity index (χ1n) is 5.98. The number of phenolic OH excluding ortho intramolecular Hbond substituents is 1. The molecule has 0 fully saturated rings. The van der Waals surface area contributed by atoms with Gasteiger partial charge in [-0.15, -0.1) is 0 Å². The summed E-state index contributed by atoms with van der Waals surface area (Å²) in [5.41, 5.74) is 2.11. The number of hydrogen-bond donors (Lipinski definition) is 1. The van der Waals surface area contributed by atoms with Crippen LogP contribution in [0.25, 0.3) is 0 Å². The van der Waals surface area contributed by atoms with Gasteiger partial charge in [-0.1, -0.05) is 44.2 Å². The van der Waals surface area contributed by atoms with Crippen molar-refractivity contribution < 1.29 is 9.84 Å². The Bertz CT molecular complexity index is 527. The number of ether oxygens (including phenoxy) is 1. The van der Waals surface area contributed by atoms with Gasteiger partial charge in [0, 0.05) is 11.0 Å². The Morgan fingerprint density at radius 3 is 2.17 bits per heavy atom. The van der Waals surface area contributed by atoms with Crippen molar-refractivity contribution in [2.45, 2.75) is 19.3 Å². The van der Waals surface area contributed by atoms with Crippen molar-refractivity contribution >= 4 is 0 Å². The normalized spacial score (nSPS) is 11.3. The van der Waals surface area contributed by atoms with Crippen LogP contribution in [0.15, 0.2) is 48.5 Å². The second-order valence-corrected chi connectivity index (χ2v) is 4.87. The summed E-state index contributed by atoms with van der Waals surface area (Å²) in [6.45, 7) is 4.30.